The van der Waals surface area contributed by atoms with E-state index in [4.69, 9.17) is 0 Å². The quantitative estimate of drug-likeness (QED) is 0.921. The number of rotatable bonds is 4. The van der Waals surface area contributed by atoms with Gasteiger partial charge in [-0.25, -0.2) is 0 Å². The van der Waals surface area contributed by atoms with Crippen molar-refractivity contribution in [1.29, 1.82) is 0 Å². The summed E-state index contributed by atoms with van der Waals surface area (Å²) in [7, 11) is 1.91. The van der Waals surface area contributed by atoms with Crippen LogP contribution >= 0.6 is 23.1 Å². The minimum absolute atomic E-state index is 0.175. The second kappa shape index (κ2) is 6.59. The molecule has 0 radical (unpaired) electrons. The molecule has 1 saturated heterocycles. The van der Waals surface area contributed by atoms with Crippen molar-refractivity contribution in [2.24, 2.45) is 0 Å². The van der Waals surface area contributed by atoms with Crippen LogP contribution in [0.1, 0.15) is 24.3 Å². The van der Waals surface area contributed by atoms with Crippen molar-refractivity contribution in [3.05, 3.63) is 22.4 Å². The first-order valence-corrected chi connectivity index (χ1v) is 8.32. The largest absolute Gasteiger partial charge is 0.338 e. The normalized spacial score (nSPS) is 21.6. The molecule has 1 aliphatic rings. The van der Waals surface area contributed by atoms with Gasteiger partial charge < -0.3 is 10.2 Å². The summed E-state index contributed by atoms with van der Waals surface area (Å²) in [4.78, 5) is 15.3. The first-order valence-electron chi connectivity index (χ1n) is 6.28. The van der Waals surface area contributed by atoms with Gasteiger partial charge in [0.2, 0.25) is 5.91 Å². The predicted octanol–water partition coefficient (Wildman–Crippen LogP) is 2.36. The number of thiophene rings is 1. The highest BCUT2D eigenvalue weighted by molar-refractivity contribution is 7.99. The number of thioether (sulfide) groups is 1. The van der Waals surface area contributed by atoms with Crippen LogP contribution < -0.4 is 5.32 Å². The molecular formula is C13H20N2OS2. The lowest BCUT2D eigenvalue weighted by molar-refractivity contribution is -0.132. The maximum absolute atomic E-state index is 12.2. The average molecular weight is 284 g/mol. The summed E-state index contributed by atoms with van der Waals surface area (Å²) in [6.07, 6.45) is 0.610. The SMILES string of the molecule is CC(c1cccs1)N(C)C(=O)CC1CSCCN1. The van der Waals surface area contributed by atoms with E-state index in [0.29, 0.717) is 12.5 Å². The lowest BCUT2D eigenvalue weighted by Gasteiger charge is -2.28. The minimum atomic E-state index is 0.175. The number of carbonyl (C=O) groups excluding carboxylic acids is 1. The van der Waals surface area contributed by atoms with Gasteiger partial charge in [0.25, 0.3) is 0 Å². The molecule has 1 aromatic rings. The van der Waals surface area contributed by atoms with Gasteiger partial charge in [-0.2, -0.15) is 11.8 Å². The highest BCUT2D eigenvalue weighted by Crippen LogP contribution is 2.24. The average Bonchev–Trinajstić information content (AvgIpc) is 2.92. The van der Waals surface area contributed by atoms with Crippen LogP contribution in [-0.4, -0.2) is 41.9 Å². The molecule has 2 atom stereocenters. The summed E-state index contributed by atoms with van der Waals surface area (Å²) < 4.78 is 0. The van der Waals surface area contributed by atoms with Crippen LogP contribution in [0.2, 0.25) is 0 Å². The molecule has 0 aromatic carbocycles. The summed E-state index contributed by atoms with van der Waals surface area (Å²) in [6.45, 7) is 3.11. The van der Waals surface area contributed by atoms with Crippen molar-refractivity contribution >= 4 is 29.0 Å². The summed E-state index contributed by atoms with van der Waals surface area (Å²) in [5, 5.41) is 5.47. The molecule has 1 aliphatic heterocycles. The van der Waals surface area contributed by atoms with Crippen molar-refractivity contribution < 1.29 is 4.79 Å². The molecule has 0 aliphatic carbocycles. The Hall–Kier alpha value is -0.520. The van der Waals surface area contributed by atoms with Gasteiger partial charge in [-0.05, 0) is 18.4 Å². The van der Waals surface area contributed by atoms with E-state index in [1.54, 1.807) is 11.3 Å². The van der Waals surface area contributed by atoms with Crippen LogP contribution in [0.3, 0.4) is 0 Å². The lowest BCUT2D eigenvalue weighted by atomic mass is 10.1. The topological polar surface area (TPSA) is 32.3 Å². The number of hydrogen-bond donors (Lipinski definition) is 1. The fourth-order valence-electron chi connectivity index (χ4n) is 2.04. The number of nitrogens with zero attached hydrogens (tertiary/aromatic N) is 1. The number of amides is 1. The maximum atomic E-state index is 12.2. The molecule has 1 fully saturated rings. The molecule has 100 valence electrons. The molecule has 0 bridgehead atoms. The summed E-state index contributed by atoms with van der Waals surface area (Å²) in [6, 6.07) is 4.64. The van der Waals surface area contributed by atoms with E-state index < -0.39 is 0 Å². The second-order valence-corrected chi connectivity index (χ2v) is 6.76. The Balaban J connectivity index is 1.87. The smallest absolute Gasteiger partial charge is 0.224 e. The van der Waals surface area contributed by atoms with Gasteiger partial charge in [0.1, 0.15) is 0 Å². The third-order valence-electron chi connectivity index (χ3n) is 3.35. The van der Waals surface area contributed by atoms with Crippen LogP contribution in [0.15, 0.2) is 17.5 Å². The number of carbonyl (C=O) groups is 1. The molecule has 5 heteroatoms. The third-order valence-corrected chi connectivity index (χ3v) is 5.52. The Morgan fingerprint density at radius 2 is 2.50 bits per heavy atom. The molecule has 0 saturated carbocycles. The molecule has 2 heterocycles. The van der Waals surface area contributed by atoms with Crippen molar-refractivity contribution in [3.63, 3.8) is 0 Å². The lowest BCUT2D eigenvalue weighted by Crippen LogP contribution is -2.42. The predicted molar refractivity (Wildman–Crippen MR) is 79.2 cm³/mol. The molecule has 18 heavy (non-hydrogen) atoms. The highest BCUT2D eigenvalue weighted by Gasteiger charge is 2.22. The summed E-state index contributed by atoms with van der Waals surface area (Å²) >= 11 is 3.64. The van der Waals surface area contributed by atoms with Crippen molar-refractivity contribution in [2.45, 2.75) is 25.4 Å². The molecule has 1 aromatic heterocycles. The minimum Gasteiger partial charge on any atom is -0.338 e. The molecule has 0 spiro atoms. The maximum Gasteiger partial charge on any atom is 0.224 e. The molecule has 2 rings (SSSR count). The van der Waals surface area contributed by atoms with Crippen LogP contribution in [-0.2, 0) is 4.79 Å². The van der Waals surface area contributed by atoms with Crippen LogP contribution in [0.5, 0.6) is 0 Å². The molecule has 1 N–H and O–H groups in total. The zero-order valence-electron chi connectivity index (χ0n) is 10.9. The molecular weight excluding hydrogens is 264 g/mol. The highest BCUT2D eigenvalue weighted by atomic mass is 32.2. The van der Waals surface area contributed by atoms with E-state index in [0.717, 1.165) is 18.1 Å². The van der Waals surface area contributed by atoms with Gasteiger partial charge in [0.15, 0.2) is 0 Å². The Bertz CT molecular complexity index is 374. The van der Waals surface area contributed by atoms with Gasteiger partial charge in [0.05, 0.1) is 6.04 Å². The second-order valence-electron chi connectivity index (χ2n) is 4.63. The Kier molecular flexibility index (Phi) is 5.09. The van der Waals surface area contributed by atoms with Crippen LogP contribution in [0, 0.1) is 0 Å². The first kappa shape index (κ1) is 13.9. The number of hydrogen-bond acceptors (Lipinski definition) is 4. The van der Waals surface area contributed by atoms with E-state index in [2.05, 4.69) is 23.7 Å². The van der Waals surface area contributed by atoms with Gasteiger partial charge in [0, 0.05) is 42.4 Å². The zero-order valence-corrected chi connectivity index (χ0v) is 12.5. The van der Waals surface area contributed by atoms with E-state index in [9.17, 15) is 4.79 Å². The molecule has 3 nitrogen and oxygen atoms in total. The standard InChI is InChI=1S/C13H20N2OS2/c1-10(12-4-3-6-18-12)15(2)13(16)8-11-9-17-7-5-14-11/h3-4,6,10-11,14H,5,7-9H2,1-2H3. The van der Waals surface area contributed by atoms with Gasteiger partial charge in [-0.15, -0.1) is 11.3 Å². The van der Waals surface area contributed by atoms with E-state index in [1.807, 2.05) is 29.8 Å². The van der Waals surface area contributed by atoms with E-state index in [-0.39, 0.29) is 11.9 Å². The first-order chi connectivity index (χ1) is 8.68. The van der Waals surface area contributed by atoms with Gasteiger partial charge in [-0.3, -0.25) is 4.79 Å². The number of nitrogens with one attached hydrogen (secondary N) is 1. The Labute approximate surface area is 117 Å². The Morgan fingerprint density at radius 3 is 3.11 bits per heavy atom. The van der Waals surface area contributed by atoms with Crippen LogP contribution in [0.4, 0.5) is 0 Å². The molecule has 1 amide bonds. The van der Waals surface area contributed by atoms with E-state index in [1.165, 1.54) is 4.88 Å². The van der Waals surface area contributed by atoms with Crippen molar-refractivity contribution in [2.75, 3.05) is 25.1 Å². The Morgan fingerprint density at radius 1 is 1.67 bits per heavy atom. The van der Waals surface area contributed by atoms with Crippen molar-refractivity contribution in [3.8, 4) is 0 Å². The van der Waals surface area contributed by atoms with Crippen molar-refractivity contribution in [1.82, 2.24) is 10.2 Å². The summed E-state index contributed by atoms with van der Waals surface area (Å²) in [5.41, 5.74) is 0. The van der Waals surface area contributed by atoms with E-state index >= 15 is 0 Å². The van der Waals surface area contributed by atoms with Crippen LogP contribution in [0.25, 0.3) is 0 Å². The fourth-order valence-corrected chi connectivity index (χ4v) is 3.82. The van der Waals surface area contributed by atoms with Gasteiger partial charge >= 0.3 is 0 Å². The zero-order chi connectivity index (χ0) is 13.0. The van der Waals surface area contributed by atoms with Gasteiger partial charge in [-0.1, -0.05) is 6.07 Å². The summed E-state index contributed by atoms with van der Waals surface area (Å²) in [5.74, 6) is 2.44. The molecule has 2 unspecified atom stereocenters. The fraction of sp³-hybridized carbons (Fsp3) is 0.615. The monoisotopic (exact) mass is 284 g/mol. The third kappa shape index (κ3) is 3.49.